The fourth-order valence-electron chi connectivity index (χ4n) is 3.06. The van der Waals surface area contributed by atoms with E-state index in [2.05, 4.69) is 15.6 Å². The lowest BCUT2D eigenvalue weighted by molar-refractivity contribution is -0.386. The van der Waals surface area contributed by atoms with Gasteiger partial charge in [0.05, 0.1) is 10.6 Å². The molecule has 1 amide bonds. The van der Waals surface area contributed by atoms with Crippen LogP contribution < -0.4 is 10.2 Å². The van der Waals surface area contributed by atoms with Gasteiger partial charge in [-0.15, -0.1) is 0 Å². The number of hydrogen-bond donors (Lipinski definition) is 1. The number of halogens is 1. The molecule has 0 aliphatic carbocycles. The molecule has 2 aromatic carbocycles. The smallest absolute Gasteiger partial charge is 0.312 e. The average Bonchev–Trinajstić information content (AvgIpc) is 3.04. The molecular weight excluding hydrogens is 417 g/mol. The van der Waals surface area contributed by atoms with Gasteiger partial charge in [-0.3, -0.25) is 19.6 Å². The van der Waals surface area contributed by atoms with E-state index in [1.165, 1.54) is 24.6 Å². The fraction of sp³-hybridized carbons (Fsp3) is 0.227. The Morgan fingerprint density at radius 1 is 1.22 bits per heavy atom. The third-order valence-electron chi connectivity index (χ3n) is 4.79. The van der Waals surface area contributed by atoms with Gasteiger partial charge in [-0.1, -0.05) is 18.2 Å². The van der Waals surface area contributed by atoms with Crippen molar-refractivity contribution in [1.29, 1.82) is 0 Å². The summed E-state index contributed by atoms with van der Waals surface area (Å²) in [5.74, 6) is -0.215. The lowest BCUT2D eigenvalue weighted by atomic mass is 10.1. The minimum Gasteiger partial charge on any atom is -0.489 e. The number of ether oxygens (including phenoxy) is 1. The molecule has 9 nitrogen and oxygen atoms in total. The van der Waals surface area contributed by atoms with E-state index >= 15 is 0 Å². The Balaban J connectivity index is 1.57. The van der Waals surface area contributed by atoms with Crippen LogP contribution in [0.25, 0.3) is 0 Å². The number of amides is 1. The minimum atomic E-state index is -0.516. The number of carbonyl (C=O) groups excluding carboxylic acids is 1. The number of aryl methyl sites for hydroxylation is 1. The molecule has 0 bridgehead atoms. The van der Waals surface area contributed by atoms with Crippen LogP contribution in [0.4, 0.5) is 10.1 Å². The van der Waals surface area contributed by atoms with Gasteiger partial charge >= 0.3 is 5.69 Å². The molecule has 0 aliphatic heterocycles. The van der Waals surface area contributed by atoms with Gasteiger partial charge in [0, 0.05) is 5.56 Å². The standard InChI is InChI=1S/C22H22FN5O4/c1-14(24-25-21(29)12-27-16(3)22(28(30)31)15(2)26-27)17-8-10-19(11-9-17)32-13-18-6-4-5-7-20(18)23/h4-11H,12-13H2,1-3H3,(H,25,29). The Morgan fingerprint density at radius 3 is 2.53 bits per heavy atom. The number of nitrogens with zero attached hydrogens (tertiary/aromatic N) is 4. The van der Waals surface area contributed by atoms with Gasteiger partial charge in [0.1, 0.15) is 36.1 Å². The summed E-state index contributed by atoms with van der Waals surface area (Å²) in [6.45, 7) is 4.70. The maximum atomic E-state index is 13.7. The number of nitrogens with one attached hydrogen (secondary N) is 1. The summed E-state index contributed by atoms with van der Waals surface area (Å²) in [5.41, 5.74) is 4.65. The predicted molar refractivity (Wildman–Crippen MR) is 116 cm³/mol. The highest BCUT2D eigenvalue weighted by atomic mass is 19.1. The second kappa shape index (κ2) is 9.82. The zero-order chi connectivity index (χ0) is 23.3. The predicted octanol–water partition coefficient (Wildman–Crippen LogP) is 3.67. The maximum Gasteiger partial charge on any atom is 0.312 e. The third-order valence-corrected chi connectivity index (χ3v) is 4.79. The normalized spacial score (nSPS) is 11.3. The summed E-state index contributed by atoms with van der Waals surface area (Å²) >= 11 is 0. The van der Waals surface area contributed by atoms with E-state index in [0.29, 0.717) is 22.7 Å². The van der Waals surface area contributed by atoms with E-state index in [0.717, 1.165) is 5.56 Å². The van der Waals surface area contributed by atoms with E-state index in [1.54, 1.807) is 49.4 Å². The lowest BCUT2D eigenvalue weighted by Gasteiger charge is -2.08. The van der Waals surface area contributed by atoms with Crippen LogP contribution >= 0.6 is 0 Å². The summed E-state index contributed by atoms with van der Waals surface area (Å²) in [6, 6.07) is 13.4. The molecule has 1 aromatic heterocycles. The van der Waals surface area contributed by atoms with Crippen molar-refractivity contribution in [2.24, 2.45) is 5.10 Å². The van der Waals surface area contributed by atoms with Crippen molar-refractivity contribution in [3.63, 3.8) is 0 Å². The van der Waals surface area contributed by atoms with Crippen LogP contribution in [0.15, 0.2) is 53.6 Å². The first-order chi connectivity index (χ1) is 15.3. The highest BCUT2D eigenvalue weighted by Gasteiger charge is 2.22. The number of aromatic nitrogens is 2. The van der Waals surface area contributed by atoms with Crippen molar-refractivity contribution >= 4 is 17.3 Å². The second-order valence-corrected chi connectivity index (χ2v) is 7.07. The van der Waals surface area contributed by atoms with Crippen molar-refractivity contribution in [3.05, 3.63) is 87.0 Å². The van der Waals surface area contributed by atoms with Crippen molar-refractivity contribution in [2.75, 3.05) is 0 Å². The molecule has 0 aliphatic rings. The largest absolute Gasteiger partial charge is 0.489 e. The molecule has 10 heteroatoms. The van der Waals surface area contributed by atoms with Gasteiger partial charge in [-0.2, -0.15) is 10.2 Å². The van der Waals surface area contributed by atoms with Gasteiger partial charge < -0.3 is 4.74 Å². The van der Waals surface area contributed by atoms with Gasteiger partial charge in [0.2, 0.25) is 0 Å². The van der Waals surface area contributed by atoms with Gasteiger partial charge in [-0.25, -0.2) is 9.82 Å². The maximum absolute atomic E-state index is 13.7. The lowest BCUT2D eigenvalue weighted by Crippen LogP contribution is -2.25. The highest BCUT2D eigenvalue weighted by Crippen LogP contribution is 2.21. The van der Waals surface area contributed by atoms with Gasteiger partial charge in [0.15, 0.2) is 0 Å². The molecule has 3 aromatic rings. The van der Waals surface area contributed by atoms with E-state index in [-0.39, 0.29) is 30.4 Å². The Bertz CT molecular complexity index is 1170. The van der Waals surface area contributed by atoms with Crippen molar-refractivity contribution in [1.82, 2.24) is 15.2 Å². The molecule has 3 rings (SSSR count). The van der Waals surface area contributed by atoms with E-state index < -0.39 is 10.8 Å². The Hall–Kier alpha value is -4.08. The topological polar surface area (TPSA) is 112 Å². The van der Waals surface area contributed by atoms with Crippen LogP contribution in [0.3, 0.4) is 0 Å². The number of hydrogen-bond acceptors (Lipinski definition) is 6. The summed E-state index contributed by atoms with van der Waals surface area (Å²) in [7, 11) is 0. The zero-order valence-electron chi connectivity index (χ0n) is 17.8. The molecule has 0 unspecified atom stereocenters. The minimum absolute atomic E-state index is 0.102. The van der Waals surface area contributed by atoms with E-state index in [4.69, 9.17) is 4.74 Å². The zero-order valence-corrected chi connectivity index (χ0v) is 17.8. The summed E-state index contributed by atoms with van der Waals surface area (Å²) in [5, 5.41) is 19.2. The summed E-state index contributed by atoms with van der Waals surface area (Å²) < 4.78 is 20.5. The Labute approximate surface area is 183 Å². The quantitative estimate of drug-likeness (QED) is 0.327. The monoisotopic (exact) mass is 439 g/mol. The first kappa shape index (κ1) is 22.6. The molecule has 0 saturated heterocycles. The van der Waals surface area contributed by atoms with Gasteiger partial charge in [0.25, 0.3) is 5.91 Å². The average molecular weight is 439 g/mol. The summed E-state index contributed by atoms with van der Waals surface area (Å²) in [4.78, 5) is 22.7. The van der Waals surface area contributed by atoms with Crippen molar-refractivity contribution in [3.8, 4) is 5.75 Å². The Morgan fingerprint density at radius 2 is 1.91 bits per heavy atom. The second-order valence-electron chi connectivity index (χ2n) is 7.07. The fourth-order valence-corrected chi connectivity index (χ4v) is 3.06. The van der Waals surface area contributed by atoms with Crippen LogP contribution in [-0.4, -0.2) is 26.3 Å². The summed E-state index contributed by atoms with van der Waals surface area (Å²) in [6.07, 6.45) is 0. The molecule has 0 spiro atoms. The number of nitro groups is 1. The molecule has 0 atom stereocenters. The molecule has 0 saturated carbocycles. The van der Waals surface area contributed by atoms with Crippen molar-refractivity contribution in [2.45, 2.75) is 33.9 Å². The van der Waals surface area contributed by atoms with Crippen LogP contribution in [0, 0.1) is 29.8 Å². The molecule has 1 heterocycles. The first-order valence-electron chi connectivity index (χ1n) is 9.74. The molecule has 1 N–H and O–H groups in total. The van der Waals surface area contributed by atoms with Gasteiger partial charge in [-0.05, 0) is 56.7 Å². The van der Waals surface area contributed by atoms with E-state index in [9.17, 15) is 19.3 Å². The number of benzene rings is 2. The number of carbonyl (C=O) groups is 1. The van der Waals surface area contributed by atoms with Crippen LogP contribution in [0.1, 0.15) is 29.4 Å². The van der Waals surface area contributed by atoms with Crippen molar-refractivity contribution < 1.29 is 18.8 Å². The highest BCUT2D eigenvalue weighted by molar-refractivity contribution is 5.99. The third kappa shape index (κ3) is 5.34. The van der Waals surface area contributed by atoms with Crippen LogP contribution in [-0.2, 0) is 17.9 Å². The SMILES string of the molecule is CC(=NNC(=O)Cn1nc(C)c([N+](=O)[O-])c1C)c1ccc(OCc2ccccc2F)cc1. The Kier molecular flexibility index (Phi) is 6.93. The van der Waals surface area contributed by atoms with Crippen LogP contribution in [0.5, 0.6) is 5.75 Å². The van der Waals surface area contributed by atoms with Crippen LogP contribution in [0.2, 0.25) is 0 Å². The number of hydrazone groups is 1. The molecule has 0 fully saturated rings. The molecular formula is C22H22FN5O4. The van der Waals surface area contributed by atoms with E-state index in [1.807, 2.05) is 0 Å². The molecule has 166 valence electrons. The molecule has 0 radical (unpaired) electrons. The number of rotatable bonds is 8. The first-order valence-corrected chi connectivity index (χ1v) is 9.74. The molecule has 32 heavy (non-hydrogen) atoms.